The van der Waals surface area contributed by atoms with Gasteiger partial charge in [-0.25, -0.2) is 14.0 Å². The number of carboxylic acids is 1. The van der Waals surface area contributed by atoms with E-state index in [-0.39, 0.29) is 11.5 Å². The molecule has 0 saturated carbocycles. The van der Waals surface area contributed by atoms with Gasteiger partial charge >= 0.3 is 11.7 Å². The molecule has 116 valence electrons. The fraction of sp³-hybridized carbons (Fsp3) is 0.154. The molecule has 0 aliphatic carbocycles. The average molecular weight is 419 g/mol. The first kappa shape index (κ1) is 16.2. The number of nitrogens with zero attached hydrogens (tertiary/aromatic N) is 2. The van der Waals surface area contributed by atoms with Crippen LogP contribution in [0, 0.1) is 9.39 Å². The fourth-order valence-electron chi connectivity index (χ4n) is 1.90. The van der Waals surface area contributed by atoms with Gasteiger partial charge in [0.25, 0.3) is 5.56 Å². The van der Waals surface area contributed by atoms with Gasteiger partial charge in [-0.2, -0.15) is 0 Å². The summed E-state index contributed by atoms with van der Waals surface area (Å²) in [6, 6.07) is 4.23. The van der Waals surface area contributed by atoms with Crippen molar-refractivity contribution in [1.29, 1.82) is 0 Å². The maximum absolute atomic E-state index is 13.9. The number of nitrogens with one attached hydrogen (secondary N) is 1. The van der Waals surface area contributed by atoms with Crippen molar-refractivity contribution in [3.8, 4) is 0 Å². The largest absolute Gasteiger partial charge is 0.477 e. The molecule has 1 aromatic carbocycles. The van der Waals surface area contributed by atoms with Gasteiger partial charge in [0, 0.05) is 17.7 Å². The topological polar surface area (TPSA) is 93.3 Å². The Labute approximate surface area is 137 Å². The summed E-state index contributed by atoms with van der Waals surface area (Å²) in [5, 5.41) is 11.7. The predicted octanol–water partition coefficient (Wildman–Crippen LogP) is 1.27. The molecule has 0 saturated heterocycles. The fourth-order valence-corrected chi connectivity index (χ4v) is 2.35. The van der Waals surface area contributed by atoms with E-state index in [4.69, 9.17) is 0 Å². The molecule has 0 amide bonds. The summed E-state index contributed by atoms with van der Waals surface area (Å²) in [4.78, 5) is 35.2. The second-order valence-electron chi connectivity index (χ2n) is 4.48. The Balaban J connectivity index is 2.72. The molecule has 0 radical (unpaired) electrons. The molecular formula is C13H11FIN3O4. The molecular weight excluding hydrogens is 408 g/mol. The van der Waals surface area contributed by atoms with Crippen LogP contribution in [-0.2, 0) is 14.1 Å². The number of aromatic nitrogens is 2. The van der Waals surface area contributed by atoms with Gasteiger partial charge < -0.3 is 10.4 Å². The molecule has 9 heteroatoms. The lowest BCUT2D eigenvalue weighted by Gasteiger charge is -2.15. The summed E-state index contributed by atoms with van der Waals surface area (Å²) >= 11 is 1.92. The van der Waals surface area contributed by atoms with Crippen LogP contribution in [0.1, 0.15) is 10.4 Å². The molecule has 0 atom stereocenters. The van der Waals surface area contributed by atoms with Crippen LogP contribution in [-0.4, -0.2) is 20.2 Å². The summed E-state index contributed by atoms with van der Waals surface area (Å²) in [5.41, 5.74) is -2.36. The van der Waals surface area contributed by atoms with Crippen LogP contribution in [0.4, 0.5) is 15.9 Å². The number of hydrogen-bond donors (Lipinski definition) is 2. The Morgan fingerprint density at radius 3 is 2.45 bits per heavy atom. The van der Waals surface area contributed by atoms with E-state index in [1.54, 1.807) is 6.07 Å². The molecule has 7 nitrogen and oxygen atoms in total. The zero-order valence-electron chi connectivity index (χ0n) is 11.6. The average Bonchev–Trinajstić information content (AvgIpc) is 2.44. The first-order chi connectivity index (χ1) is 10.2. The summed E-state index contributed by atoms with van der Waals surface area (Å²) in [6.07, 6.45) is 0. The maximum atomic E-state index is 13.9. The van der Waals surface area contributed by atoms with Crippen molar-refractivity contribution in [2.45, 2.75) is 0 Å². The lowest BCUT2D eigenvalue weighted by molar-refractivity contribution is 0.0694. The standard InChI is InChI=1S/C13H11FIN3O4/c1-17-10(16-8-4-3-6(15)5-7(8)14)9(12(20)21)11(19)18(2)13(17)22/h3-5,16H,1-2H3,(H,20,21). The summed E-state index contributed by atoms with van der Waals surface area (Å²) in [5.74, 6) is -2.42. The highest BCUT2D eigenvalue weighted by Gasteiger charge is 2.22. The van der Waals surface area contributed by atoms with Crippen LogP contribution in [0.5, 0.6) is 0 Å². The highest BCUT2D eigenvalue weighted by atomic mass is 127. The van der Waals surface area contributed by atoms with Crippen molar-refractivity contribution in [3.63, 3.8) is 0 Å². The lowest BCUT2D eigenvalue weighted by atomic mass is 10.2. The number of aromatic carboxylic acids is 1. The van der Waals surface area contributed by atoms with Crippen LogP contribution in [0.15, 0.2) is 27.8 Å². The van der Waals surface area contributed by atoms with Gasteiger partial charge in [-0.1, -0.05) is 0 Å². The molecule has 2 N–H and O–H groups in total. The molecule has 1 heterocycles. The zero-order chi connectivity index (χ0) is 16.6. The van der Waals surface area contributed by atoms with Crippen molar-refractivity contribution in [2.75, 3.05) is 5.32 Å². The third-order valence-electron chi connectivity index (χ3n) is 3.06. The minimum atomic E-state index is -1.51. The van der Waals surface area contributed by atoms with E-state index in [0.717, 1.165) is 4.57 Å². The number of hydrogen-bond acceptors (Lipinski definition) is 4. The lowest BCUT2D eigenvalue weighted by Crippen LogP contribution is -2.41. The van der Waals surface area contributed by atoms with E-state index in [0.29, 0.717) is 8.14 Å². The second-order valence-corrected chi connectivity index (χ2v) is 5.73. The van der Waals surface area contributed by atoms with Crippen LogP contribution >= 0.6 is 22.6 Å². The van der Waals surface area contributed by atoms with Crippen molar-refractivity contribution in [1.82, 2.24) is 9.13 Å². The van der Waals surface area contributed by atoms with E-state index in [2.05, 4.69) is 5.32 Å². The van der Waals surface area contributed by atoms with Gasteiger partial charge in [0.2, 0.25) is 0 Å². The van der Waals surface area contributed by atoms with Gasteiger partial charge in [0.15, 0.2) is 5.56 Å². The number of anilines is 2. The van der Waals surface area contributed by atoms with E-state index < -0.39 is 28.6 Å². The number of rotatable bonds is 3. The van der Waals surface area contributed by atoms with Gasteiger partial charge in [-0.3, -0.25) is 13.9 Å². The quantitative estimate of drug-likeness (QED) is 0.732. The first-order valence-corrected chi connectivity index (χ1v) is 7.07. The smallest absolute Gasteiger partial charge is 0.345 e. The Morgan fingerprint density at radius 1 is 1.27 bits per heavy atom. The number of carboxylic acid groups (broad SMARTS) is 1. The van der Waals surface area contributed by atoms with Crippen molar-refractivity contribution < 1.29 is 14.3 Å². The summed E-state index contributed by atoms with van der Waals surface area (Å²) in [7, 11) is 2.47. The number of benzene rings is 1. The third-order valence-corrected chi connectivity index (χ3v) is 3.73. The number of halogens is 2. The Morgan fingerprint density at radius 2 is 1.91 bits per heavy atom. The monoisotopic (exact) mass is 419 g/mol. The molecule has 0 aliphatic rings. The van der Waals surface area contributed by atoms with E-state index in [1.807, 2.05) is 22.6 Å². The summed E-state index contributed by atoms with van der Waals surface area (Å²) in [6.45, 7) is 0. The van der Waals surface area contributed by atoms with Crippen LogP contribution in [0.2, 0.25) is 0 Å². The van der Waals surface area contributed by atoms with Crippen molar-refractivity contribution in [3.05, 3.63) is 54.0 Å². The van der Waals surface area contributed by atoms with Crippen molar-refractivity contribution in [2.24, 2.45) is 14.1 Å². The Kier molecular flexibility index (Phi) is 4.35. The van der Waals surface area contributed by atoms with E-state index in [9.17, 15) is 23.9 Å². The highest BCUT2D eigenvalue weighted by Crippen LogP contribution is 2.22. The third kappa shape index (κ3) is 2.75. The SMILES string of the molecule is Cn1c(Nc2ccc(I)cc2F)c(C(=O)O)c(=O)n(C)c1=O. The normalized spacial score (nSPS) is 10.5. The van der Waals surface area contributed by atoms with E-state index >= 15 is 0 Å². The van der Waals surface area contributed by atoms with Gasteiger partial charge in [0.1, 0.15) is 11.6 Å². The molecule has 2 rings (SSSR count). The first-order valence-electron chi connectivity index (χ1n) is 5.99. The van der Waals surface area contributed by atoms with Crippen LogP contribution < -0.4 is 16.6 Å². The zero-order valence-corrected chi connectivity index (χ0v) is 13.7. The minimum Gasteiger partial charge on any atom is -0.477 e. The molecule has 0 bridgehead atoms. The second kappa shape index (κ2) is 5.91. The van der Waals surface area contributed by atoms with Gasteiger partial charge in [-0.05, 0) is 40.8 Å². The number of carbonyl (C=O) groups is 1. The van der Waals surface area contributed by atoms with Crippen LogP contribution in [0.3, 0.4) is 0 Å². The predicted molar refractivity (Wildman–Crippen MR) is 86.3 cm³/mol. The highest BCUT2D eigenvalue weighted by molar-refractivity contribution is 14.1. The Hall–Kier alpha value is -2.17. The minimum absolute atomic E-state index is 0.0360. The summed E-state index contributed by atoms with van der Waals surface area (Å²) < 4.78 is 16.2. The molecule has 0 fully saturated rings. The molecule has 2 aromatic rings. The molecule has 0 aliphatic heterocycles. The molecule has 22 heavy (non-hydrogen) atoms. The molecule has 0 unspecified atom stereocenters. The van der Waals surface area contributed by atoms with Crippen LogP contribution in [0.25, 0.3) is 0 Å². The van der Waals surface area contributed by atoms with Gasteiger partial charge in [0.05, 0.1) is 5.69 Å². The van der Waals surface area contributed by atoms with Gasteiger partial charge in [-0.15, -0.1) is 0 Å². The van der Waals surface area contributed by atoms with Crippen molar-refractivity contribution >= 4 is 40.1 Å². The maximum Gasteiger partial charge on any atom is 0.345 e. The molecule has 1 aromatic heterocycles. The molecule has 0 spiro atoms. The van der Waals surface area contributed by atoms with E-state index in [1.165, 1.54) is 26.2 Å². The Bertz CT molecular complexity index is 888.